The van der Waals surface area contributed by atoms with E-state index in [1.807, 2.05) is 36.6 Å². The van der Waals surface area contributed by atoms with Gasteiger partial charge in [0.2, 0.25) is 11.8 Å². The van der Waals surface area contributed by atoms with Gasteiger partial charge in [0, 0.05) is 12.3 Å². The van der Waals surface area contributed by atoms with Gasteiger partial charge in [-0.15, -0.1) is 11.3 Å². The number of amides is 1. The zero-order chi connectivity index (χ0) is 21.7. The molecular formula is C23H28N4O3S. The third-order valence-corrected chi connectivity index (χ3v) is 6.53. The van der Waals surface area contributed by atoms with Crippen molar-refractivity contribution in [2.45, 2.75) is 64.3 Å². The number of aryl methyl sites for hydroxylation is 1. The van der Waals surface area contributed by atoms with Gasteiger partial charge < -0.3 is 14.6 Å². The Labute approximate surface area is 186 Å². The minimum Gasteiger partial charge on any atom is -0.493 e. The van der Waals surface area contributed by atoms with Crippen LogP contribution in [0.2, 0.25) is 0 Å². The zero-order valence-electron chi connectivity index (χ0n) is 18.0. The zero-order valence-corrected chi connectivity index (χ0v) is 18.8. The smallest absolute Gasteiger partial charge is 0.226 e. The minimum absolute atomic E-state index is 0.0701. The maximum Gasteiger partial charge on any atom is 0.226 e. The molecule has 1 aliphatic rings. The molecular weight excluding hydrogens is 412 g/mol. The van der Waals surface area contributed by atoms with Crippen LogP contribution in [-0.2, 0) is 16.8 Å². The number of nitrogens with zero attached hydrogens (tertiary/aromatic N) is 3. The topological polar surface area (TPSA) is 90.1 Å². The van der Waals surface area contributed by atoms with Crippen LogP contribution in [-0.4, -0.2) is 27.6 Å². The molecule has 31 heavy (non-hydrogen) atoms. The van der Waals surface area contributed by atoms with Crippen molar-refractivity contribution < 1.29 is 14.1 Å². The van der Waals surface area contributed by atoms with Crippen molar-refractivity contribution in [1.82, 2.24) is 20.4 Å². The van der Waals surface area contributed by atoms with Gasteiger partial charge in [-0.1, -0.05) is 43.0 Å². The van der Waals surface area contributed by atoms with Crippen molar-refractivity contribution in [2.24, 2.45) is 0 Å². The molecule has 1 fully saturated rings. The molecule has 1 aliphatic carbocycles. The number of para-hydroxylation sites is 1. The Kier molecular flexibility index (Phi) is 6.65. The lowest BCUT2D eigenvalue weighted by Gasteiger charge is -2.30. The number of nitrogens with one attached hydrogen (secondary N) is 1. The van der Waals surface area contributed by atoms with E-state index in [0.29, 0.717) is 18.3 Å². The molecule has 2 aromatic heterocycles. The van der Waals surface area contributed by atoms with E-state index in [-0.39, 0.29) is 12.3 Å². The first-order valence-corrected chi connectivity index (χ1v) is 11.8. The normalized spacial score (nSPS) is 15.9. The van der Waals surface area contributed by atoms with E-state index < -0.39 is 5.54 Å². The Balaban J connectivity index is 1.50. The predicted molar refractivity (Wildman–Crippen MR) is 119 cm³/mol. The van der Waals surface area contributed by atoms with Crippen LogP contribution in [0.1, 0.15) is 62.9 Å². The third kappa shape index (κ3) is 4.95. The molecule has 0 aliphatic heterocycles. The summed E-state index contributed by atoms with van der Waals surface area (Å²) in [7, 11) is 0. The van der Waals surface area contributed by atoms with Crippen molar-refractivity contribution >= 4 is 17.2 Å². The summed E-state index contributed by atoms with van der Waals surface area (Å²) in [6.07, 6.45) is 6.23. The molecule has 0 atom stereocenters. The van der Waals surface area contributed by atoms with Gasteiger partial charge in [0.1, 0.15) is 16.3 Å². The molecule has 8 heteroatoms. The van der Waals surface area contributed by atoms with Gasteiger partial charge >= 0.3 is 0 Å². The number of hydrogen-bond acceptors (Lipinski definition) is 7. The first-order chi connectivity index (χ1) is 15.1. The van der Waals surface area contributed by atoms with Crippen LogP contribution in [0.5, 0.6) is 5.75 Å². The number of thiazole rings is 1. The van der Waals surface area contributed by atoms with E-state index in [1.165, 1.54) is 11.3 Å². The Morgan fingerprint density at radius 2 is 1.97 bits per heavy atom. The standard InChI is InChI=1S/C23H28N4O3S/c1-3-29-19-11-7-6-10-18(19)21-25-17(15-31-21)14-20(28)26-23(12-8-4-5-9-13-23)22-24-16(2)30-27-22/h6-7,10-11,15H,3-5,8-9,12-14H2,1-2H3,(H,26,28). The van der Waals surface area contributed by atoms with E-state index in [4.69, 9.17) is 14.2 Å². The molecule has 164 valence electrons. The van der Waals surface area contributed by atoms with E-state index in [1.54, 1.807) is 6.92 Å². The largest absolute Gasteiger partial charge is 0.493 e. The van der Waals surface area contributed by atoms with Crippen LogP contribution >= 0.6 is 11.3 Å². The molecule has 0 unspecified atom stereocenters. The Morgan fingerprint density at radius 1 is 1.19 bits per heavy atom. The highest BCUT2D eigenvalue weighted by molar-refractivity contribution is 7.13. The Hall–Kier alpha value is -2.74. The fourth-order valence-electron chi connectivity index (χ4n) is 4.14. The SMILES string of the molecule is CCOc1ccccc1-c1nc(CC(=O)NC2(c3noc(C)n3)CCCCCC2)cs1. The molecule has 2 heterocycles. The monoisotopic (exact) mass is 440 g/mol. The maximum atomic E-state index is 13.0. The molecule has 7 nitrogen and oxygen atoms in total. The summed E-state index contributed by atoms with van der Waals surface area (Å²) < 4.78 is 11.0. The number of rotatable bonds is 7. The summed E-state index contributed by atoms with van der Waals surface area (Å²) in [5, 5.41) is 10.2. The van der Waals surface area contributed by atoms with Gasteiger partial charge in [-0.25, -0.2) is 4.98 Å². The number of hydrogen-bond donors (Lipinski definition) is 1. The van der Waals surface area contributed by atoms with Gasteiger partial charge in [0.15, 0.2) is 5.82 Å². The van der Waals surface area contributed by atoms with E-state index in [0.717, 1.165) is 60.5 Å². The molecule has 1 aromatic carbocycles. The highest BCUT2D eigenvalue weighted by Crippen LogP contribution is 2.35. The summed E-state index contributed by atoms with van der Waals surface area (Å²) >= 11 is 1.52. The number of carbonyl (C=O) groups excluding carboxylic acids is 1. The lowest BCUT2D eigenvalue weighted by atomic mass is 9.89. The molecule has 0 bridgehead atoms. The van der Waals surface area contributed by atoms with Crippen LogP contribution in [0.15, 0.2) is 34.2 Å². The highest BCUT2D eigenvalue weighted by Gasteiger charge is 2.38. The highest BCUT2D eigenvalue weighted by atomic mass is 32.1. The average Bonchev–Trinajstić information content (AvgIpc) is 3.33. The summed E-state index contributed by atoms with van der Waals surface area (Å²) in [5.41, 5.74) is 1.13. The van der Waals surface area contributed by atoms with Crippen LogP contribution in [0.25, 0.3) is 10.6 Å². The molecule has 0 saturated heterocycles. The first-order valence-electron chi connectivity index (χ1n) is 10.9. The molecule has 4 rings (SSSR count). The average molecular weight is 441 g/mol. The van der Waals surface area contributed by atoms with Crippen molar-refractivity contribution in [1.29, 1.82) is 0 Å². The van der Waals surface area contributed by atoms with Gasteiger partial charge in [-0.2, -0.15) is 4.98 Å². The minimum atomic E-state index is -0.564. The molecule has 3 aromatic rings. The van der Waals surface area contributed by atoms with Gasteiger partial charge in [-0.3, -0.25) is 4.79 Å². The Morgan fingerprint density at radius 3 is 2.68 bits per heavy atom. The van der Waals surface area contributed by atoms with Gasteiger partial charge in [0.05, 0.1) is 24.3 Å². The van der Waals surface area contributed by atoms with Crippen molar-refractivity contribution in [2.75, 3.05) is 6.61 Å². The van der Waals surface area contributed by atoms with E-state index in [9.17, 15) is 4.79 Å². The first kappa shape index (κ1) is 21.5. The van der Waals surface area contributed by atoms with Crippen LogP contribution in [0.4, 0.5) is 0 Å². The van der Waals surface area contributed by atoms with Gasteiger partial charge in [-0.05, 0) is 31.9 Å². The number of carbonyl (C=O) groups is 1. The summed E-state index contributed by atoms with van der Waals surface area (Å²) in [6, 6.07) is 7.85. The van der Waals surface area contributed by atoms with Crippen molar-refractivity contribution in [3.05, 3.63) is 47.1 Å². The molecule has 0 radical (unpaired) electrons. The Bertz CT molecular complexity index is 1020. The fraction of sp³-hybridized carbons (Fsp3) is 0.478. The lowest BCUT2D eigenvalue weighted by molar-refractivity contribution is -0.122. The summed E-state index contributed by atoms with van der Waals surface area (Å²) in [6.45, 7) is 4.33. The van der Waals surface area contributed by atoms with E-state index in [2.05, 4.69) is 15.5 Å². The van der Waals surface area contributed by atoms with Crippen LogP contribution < -0.4 is 10.1 Å². The van der Waals surface area contributed by atoms with Crippen LogP contribution in [0, 0.1) is 6.92 Å². The number of aromatic nitrogens is 3. The second kappa shape index (κ2) is 9.60. The van der Waals surface area contributed by atoms with Crippen molar-refractivity contribution in [3.8, 4) is 16.3 Å². The predicted octanol–water partition coefficient (Wildman–Crippen LogP) is 4.81. The second-order valence-corrected chi connectivity index (χ2v) is 8.79. The molecule has 0 spiro atoms. The summed E-state index contributed by atoms with van der Waals surface area (Å²) in [5.74, 6) is 1.84. The second-order valence-electron chi connectivity index (χ2n) is 7.93. The van der Waals surface area contributed by atoms with Crippen LogP contribution in [0.3, 0.4) is 0 Å². The molecule has 1 saturated carbocycles. The lowest BCUT2D eigenvalue weighted by Crippen LogP contribution is -2.47. The number of ether oxygens (including phenoxy) is 1. The molecule has 1 N–H and O–H groups in total. The van der Waals surface area contributed by atoms with Gasteiger partial charge in [0.25, 0.3) is 0 Å². The maximum absolute atomic E-state index is 13.0. The number of benzene rings is 1. The quantitative estimate of drug-likeness (QED) is 0.530. The fourth-order valence-corrected chi connectivity index (χ4v) is 4.99. The van der Waals surface area contributed by atoms with Crippen molar-refractivity contribution in [3.63, 3.8) is 0 Å². The summed E-state index contributed by atoms with van der Waals surface area (Å²) in [4.78, 5) is 22.2. The molecule has 1 amide bonds. The third-order valence-electron chi connectivity index (χ3n) is 5.60. The van der Waals surface area contributed by atoms with E-state index >= 15 is 0 Å².